The fourth-order valence-corrected chi connectivity index (χ4v) is 4.86. The molecule has 2 aliphatic rings. The van der Waals surface area contributed by atoms with Crippen molar-refractivity contribution in [2.45, 2.75) is 57.7 Å². The molecule has 0 unspecified atom stereocenters. The van der Waals surface area contributed by atoms with E-state index < -0.39 is 0 Å². The Bertz CT molecular complexity index is 805. The van der Waals surface area contributed by atoms with Gasteiger partial charge in [0.1, 0.15) is 0 Å². The van der Waals surface area contributed by atoms with Crippen molar-refractivity contribution in [3.63, 3.8) is 0 Å². The molecule has 1 aromatic heterocycles. The fourth-order valence-electron chi connectivity index (χ4n) is 4.86. The predicted octanol–water partition coefficient (Wildman–Crippen LogP) is 2.75. The molecule has 1 saturated heterocycles. The van der Waals surface area contributed by atoms with Gasteiger partial charge in [0.15, 0.2) is 0 Å². The summed E-state index contributed by atoms with van der Waals surface area (Å²) in [5.74, 6) is 0.304. The molecule has 2 atom stereocenters. The van der Waals surface area contributed by atoms with Gasteiger partial charge in [0.2, 0.25) is 11.8 Å². The van der Waals surface area contributed by atoms with E-state index in [1.165, 1.54) is 5.56 Å². The van der Waals surface area contributed by atoms with Crippen molar-refractivity contribution < 1.29 is 9.59 Å². The fraction of sp³-hybridized carbons (Fsp3) is 0.500. The third-order valence-electron chi connectivity index (χ3n) is 6.35. The lowest BCUT2D eigenvalue weighted by atomic mass is 9.74. The molecule has 6 heteroatoms. The van der Waals surface area contributed by atoms with Gasteiger partial charge in [-0.2, -0.15) is 5.10 Å². The van der Waals surface area contributed by atoms with Crippen molar-refractivity contribution >= 4 is 11.8 Å². The van der Waals surface area contributed by atoms with Crippen LogP contribution in [0.5, 0.6) is 0 Å². The van der Waals surface area contributed by atoms with Crippen LogP contribution in [0.25, 0.3) is 0 Å². The first-order chi connectivity index (χ1) is 13.7. The van der Waals surface area contributed by atoms with Gasteiger partial charge in [0.05, 0.1) is 0 Å². The number of aryl methyl sites for hydroxylation is 1. The van der Waals surface area contributed by atoms with E-state index in [0.717, 1.165) is 25.7 Å². The third kappa shape index (κ3) is 3.96. The van der Waals surface area contributed by atoms with Crippen LogP contribution < -0.4 is 5.32 Å². The zero-order valence-electron chi connectivity index (χ0n) is 16.2. The summed E-state index contributed by atoms with van der Waals surface area (Å²) >= 11 is 0. The lowest BCUT2D eigenvalue weighted by Gasteiger charge is -2.46. The van der Waals surface area contributed by atoms with Crippen LogP contribution >= 0.6 is 0 Å². The number of nitrogens with one attached hydrogen (secondary N) is 1. The number of nitrogens with zero attached hydrogens (tertiary/aromatic N) is 3. The standard InChI is InChI=1S/C22H28N4O2/c27-20(10-15-25-14-5-13-24-25)23-17-22-11-4-8-19(22)26(21(28)9-12-22)16-18-6-2-1-3-7-18/h1-3,5-7,13-14,19H,4,8-12,15-17H2,(H,23,27)/t19-,22+/m1/s1. The molecule has 4 rings (SSSR count). The Balaban J connectivity index is 1.39. The molecule has 0 spiro atoms. The van der Waals surface area contributed by atoms with Crippen molar-refractivity contribution in [1.82, 2.24) is 20.0 Å². The first-order valence-electron chi connectivity index (χ1n) is 10.2. The summed E-state index contributed by atoms with van der Waals surface area (Å²) in [7, 11) is 0. The summed E-state index contributed by atoms with van der Waals surface area (Å²) < 4.78 is 1.77. The summed E-state index contributed by atoms with van der Waals surface area (Å²) in [5, 5.41) is 7.30. The van der Waals surface area contributed by atoms with Crippen molar-refractivity contribution in [2.24, 2.45) is 5.41 Å². The minimum atomic E-state index is 0.0179. The molecule has 0 radical (unpaired) electrons. The SMILES string of the molecule is O=C(CCn1cccn1)NC[C@@]12CCC[C@H]1N(Cc1ccccc1)C(=O)CC2. The van der Waals surface area contributed by atoms with E-state index in [4.69, 9.17) is 0 Å². The highest BCUT2D eigenvalue weighted by Crippen LogP contribution is 2.48. The quantitative estimate of drug-likeness (QED) is 0.803. The average molecular weight is 380 g/mol. The second-order valence-corrected chi connectivity index (χ2v) is 8.07. The highest BCUT2D eigenvalue weighted by Gasteiger charge is 2.50. The minimum absolute atomic E-state index is 0.0179. The summed E-state index contributed by atoms with van der Waals surface area (Å²) in [6, 6.07) is 12.3. The van der Waals surface area contributed by atoms with E-state index in [0.29, 0.717) is 32.5 Å². The number of fused-ring (bicyclic) bond motifs is 1. The van der Waals surface area contributed by atoms with Gasteiger partial charge in [-0.1, -0.05) is 36.8 Å². The average Bonchev–Trinajstić information content (AvgIpc) is 3.38. The molecule has 2 amide bonds. The maximum atomic E-state index is 12.7. The van der Waals surface area contributed by atoms with Crippen LogP contribution in [0, 0.1) is 5.41 Å². The third-order valence-corrected chi connectivity index (χ3v) is 6.35. The van der Waals surface area contributed by atoms with Gasteiger partial charge in [-0.3, -0.25) is 14.3 Å². The largest absolute Gasteiger partial charge is 0.355 e. The van der Waals surface area contributed by atoms with E-state index in [9.17, 15) is 9.59 Å². The Hall–Kier alpha value is -2.63. The molecule has 6 nitrogen and oxygen atoms in total. The van der Waals surface area contributed by atoms with Gasteiger partial charge in [0.25, 0.3) is 0 Å². The summed E-state index contributed by atoms with van der Waals surface area (Å²) in [5.41, 5.74) is 1.19. The van der Waals surface area contributed by atoms with E-state index in [-0.39, 0.29) is 23.3 Å². The Morgan fingerprint density at radius 2 is 2.07 bits per heavy atom. The second-order valence-electron chi connectivity index (χ2n) is 8.07. The molecule has 2 heterocycles. The molecule has 1 saturated carbocycles. The van der Waals surface area contributed by atoms with Crippen LogP contribution in [-0.4, -0.2) is 39.1 Å². The Kier molecular flexibility index (Phi) is 5.46. The number of rotatable bonds is 7. The van der Waals surface area contributed by atoms with E-state index in [2.05, 4.69) is 27.4 Å². The number of benzene rings is 1. The maximum absolute atomic E-state index is 12.7. The zero-order valence-corrected chi connectivity index (χ0v) is 16.2. The van der Waals surface area contributed by atoms with Crippen LogP contribution in [-0.2, 0) is 22.7 Å². The lowest BCUT2D eigenvalue weighted by molar-refractivity contribution is -0.142. The van der Waals surface area contributed by atoms with Gasteiger partial charge in [-0.25, -0.2) is 0 Å². The molecule has 2 fully saturated rings. The van der Waals surface area contributed by atoms with Crippen molar-refractivity contribution in [3.05, 3.63) is 54.4 Å². The van der Waals surface area contributed by atoms with Gasteiger partial charge >= 0.3 is 0 Å². The van der Waals surface area contributed by atoms with Gasteiger partial charge in [-0.05, 0) is 30.9 Å². The molecule has 148 valence electrons. The number of likely N-dealkylation sites (tertiary alicyclic amines) is 1. The number of aromatic nitrogens is 2. The van der Waals surface area contributed by atoms with Crippen LogP contribution in [0.15, 0.2) is 48.8 Å². The van der Waals surface area contributed by atoms with Gasteiger partial charge < -0.3 is 10.2 Å². The highest BCUT2D eigenvalue weighted by molar-refractivity contribution is 5.78. The summed E-state index contributed by atoms with van der Waals surface area (Å²) in [4.78, 5) is 27.1. The first-order valence-corrected chi connectivity index (χ1v) is 10.2. The zero-order chi connectivity index (χ0) is 19.4. The van der Waals surface area contributed by atoms with Gasteiger partial charge in [0, 0.05) is 56.3 Å². The molecule has 1 aliphatic carbocycles. The van der Waals surface area contributed by atoms with Crippen LogP contribution in [0.2, 0.25) is 0 Å². The number of hydrogen-bond acceptors (Lipinski definition) is 3. The number of carbonyl (C=O) groups excluding carboxylic acids is 2. The Labute approximate surface area is 165 Å². The molecular formula is C22H28N4O2. The molecular weight excluding hydrogens is 352 g/mol. The van der Waals surface area contributed by atoms with E-state index >= 15 is 0 Å². The van der Waals surface area contributed by atoms with Crippen molar-refractivity contribution in [1.29, 1.82) is 0 Å². The normalized spacial score (nSPS) is 24.2. The van der Waals surface area contributed by atoms with E-state index in [1.807, 2.05) is 30.5 Å². The number of amides is 2. The number of hydrogen-bond donors (Lipinski definition) is 1. The van der Waals surface area contributed by atoms with Crippen molar-refractivity contribution in [2.75, 3.05) is 6.54 Å². The Morgan fingerprint density at radius 1 is 1.21 bits per heavy atom. The van der Waals surface area contributed by atoms with Crippen LogP contribution in [0.4, 0.5) is 0 Å². The highest BCUT2D eigenvalue weighted by atomic mass is 16.2. The summed E-state index contributed by atoms with van der Waals surface area (Å²) in [6.07, 6.45) is 8.69. The molecule has 2 aromatic rings. The predicted molar refractivity (Wildman–Crippen MR) is 106 cm³/mol. The molecule has 1 N–H and O–H groups in total. The van der Waals surface area contributed by atoms with E-state index in [1.54, 1.807) is 10.9 Å². The van der Waals surface area contributed by atoms with Gasteiger partial charge in [-0.15, -0.1) is 0 Å². The second kappa shape index (κ2) is 8.17. The maximum Gasteiger partial charge on any atom is 0.223 e. The molecule has 28 heavy (non-hydrogen) atoms. The summed E-state index contributed by atoms with van der Waals surface area (Å²) in [6.45, 7) is 1.92. The van der Waals surface area contributed by atoms with Crippen LogP contribution in [0.1, 0.15) is 44.1 Å². The minimum Gasteiger partial charge on any atom is -0.355 e. The van der Waals surface area contributed by atoms with Crippen molar-refractivity contribution in [3.8, 4) is 0 Å². The topological polar surface area (TPSA) is 67.2 Å². The number of carbonyl (C=O) groups is 2. The van der Waals surface area contributed by atoms with Crippen LogP contribution in [0.3, 0.4) is 0 Å². The number of piperidine rings is 1. The smallest absolute Gasteiger partial charge is 0.223 e. The Morgan fingerprint density at radius 3 is 2.86 bits per heavy atom. The molecule has 1 aliphatic heterocycles. The molecule has 1 aromatic carbocycles. The molecule has 0 bridgehead atoms. The monoisotopic (exact) mass is 380 g/mol. The first kappa shape index (κ1) is 18.7. The lowest BCUT2D eigenvalue weighted by Crippen LogP contribution is -2.55.